The maximum Gasteiger partial charge on any atom is 0.270 e. The third-order valence-corrected chi connectivity index (χ3v) is 6.10. The van der Waals surface area contributed by atoms with E-state index in [0.29, 0.717) is 24.5 Å². The van der Waals surface area contributed by atoms with Crippen LogP contribution in [0.3, 0.4) is 0 Å². The van der Waals surface area contributed by atoms with Gasteiger partial charge in [-0.3, -0.25) is 24.3 Å². The third kappa shape index (κ3) is 6.36. The van der Waals surface area contributed by atoms with Gasteiger partial charge in [-0.15, -0.1) is 10.2 Å². The van der Waals surface area contributed by atoms with Gasteiger partial charge in [0.05, 0.1) is 10.7 Å². The number of aromatic nitrogens is 3. The highest BCUT2D eigenvalue weighted by Crippen LogP contribution is 2.25. The lowest BCUT2D eigenvalue weighted by Gasteiger charge is -2.10. The molecule has 0 spiro atoms. The van der Waals surface area contributed by atoms with Crippen molar-refractivity contribution in [3.63, 3.8) is 0 Å². The predicted octanol–water partition coefficient (Wildman–Crippen LogP) is 3.82. The van der Waals surface area contributed by atoms with Crippen LogP contribution < -0.4 is 5.32 Å². The molecule has 0 saturated heterocycles. The number of hydrogen-bond acceptors (Lipinski definition) is 7. The number of thioether (sulfide) groups is 1. The maximum atomic E-state index is 12.6. The number of nitro benzene ring substituents is 1. The van der Waals surface area contributed by atoms with Crippen molar-refractivity contribution in [3.05, 3.63) is 73.6 Å². The summed E-state index contributed by atoms with van der Waals surface area (Å²) in [5, 5.41) is 22.9. The van der Waals surface area contributed by atoms with Crippen LogP contribution in [0.4, 0.5) is 5.69 Å². The van der Waals surface area contributed by atoms with E-state index >= 15 is 0 Å². The van der Waals surface area contributed by atoms with Crippen LogP contribution in [-0.2, 0) is 11.2 Å². The zero-order chi connectivity index (χ0) is 23.1. The van der Waals surface area contributed by atoms with Gasteiger partial charge >= 0.3 is 0 Å². The molecule has 3 rings (SSSR count). The Hall–Kier alpha value is -2.80. The molecule has 0 unspecified atom stereocenters. The Bertz CT molecular complexity index is 1130. The van der Waals surface area contributed by atoms with Gasteiger partial charge in [-0.1, -0.05) is 23.9 Å². The van der Waals surface area contributed by atoms with E-state index in [1.165, 1.54) is 36.9 Å². The number of benzene rings is 2. The highest BCUT2D eigenvalue weighted by molar-refractivity contribution is 14.1. The maximum absolute atomic E-state index is 12.6. The number of non-ortho nitro benzene ring substituents is 1. The molecular weight excluding hydrogens is 545 g/mol. The number of halogens is 1. The Labute approximate surface area is 202 Å². The summed E-state index contributed by atoms with van der Waals surface area (Å²) >= 11 is 3.45. The number of nitrogens with zero attached hydrogens (tertiary/aromatic N) is 4. The SMILES string of the molecule is CC(=O)NCCCc1nnc(SCC(=O)c2cccc([N+](=O)[O-])c2)n1-c1ccc(I)cc1. The van der Waals surface area contributed by atoms with Gasteiger partial charge in [-0.05, 0) is 53.3 Å². The molecule has 1 amide bonds. The highest BCUT2D eigenvalue weighted by atomic mass is 127. The molecule has 0 aliphatic carbocycles. The topological polar surface area (TPSA) is 120 Å². The van der Waals surface area contributed by atoms with Crippen molar-refractivity contribution in [2.24, 2.45) is 0 Å². The van der Waals surface area contributed by atoms with Gasteiger partial charge in [0.25, 0.3) is 5.69 Å². The first-order chi connectivity index (χ1) is 15.3. The van der Waals surface area contributed by atoms with E-state index in [1.807, 2.05) is 28.8 Å². The van der Waals surface area contributed by atoms with Crippen molar-refractivity contribution >= 4 is 51.7 Å². The minimum Gasteiger partial charge on any atom is -0.356 e. The van der Waals surface area contributed by atoms with Crippen molar-refractivity contribution in [2.75, 3.05) is 12.3 Å². The van der Waals surface area contributed by atoms with Crippen molar-refractivity contribution in [3.8, 4) is 5.69 Å². The monoisotopic (exact) mass is 565 g/mol. The first-order valence-corrected chi connectivity index (χ1v) is 11.8. The normalized spacial score (nSPS) is 10.7. The van der Waals surface area contributed by atoms with Gasteiger partial charge in [0.15, 0.2) is 10.9 Å². The van der Waals surface area contributed by atoms with Gasteiger partial charge in [0.2, 0.25) is 5.91 Å². The van der Waals surface area contributed by atoms with Gasteiger partial charge < -0.3 is 5.32 Å². The molecule has 1 N–H and O–H groups in total. The van der Waals surface area contributed by atoms with E-state index in [-0.39, 0.29) is 28.7 Å². The summed E-state index contributed by atoms with van der Waals surface area (Å²) in [7, 11) is 0. The number of hydrogen-bond donors (Lipinski definition) is 1. The molecule has 0 radical (unpaired) electrons. The van der Waals surface area contributed by atoms with E-state index in [9.17, 15) is 19.7 Å². The van der Waals surface area contributed by atoms with Crippen molar-refractivity contribution in [1.29, 1.82) is 0 Å². The average Bonchev–Trinajstić information content (AvgIpc) is 3.18. The number of carbonyl (C=O) groups is 2. The number of nitro groups is 1. The zero-order valence-corrected chi connectivity index (χ0v) is 20.1. The van der Waals surface area contributed by atoms with Gasteiger partial charge in [-0.2, -0.15) is 0 Å². The molecule has 11 heteroatoms. The molecule has 32 heavy (non-hydrogen) atoms. The van der Waals surface area contributed by atoms with Crippen LogP contribution in [-0.4, -0.2) is 43.7 Å². The quantitative estimate of drug-likeness (QED) is 0.0991. The van der Waals surface area contributed by atoms with Crippen LogP contribution in [0.2, 0.25) is 0 Å². The fourth-order valence-electron chi connectivity index (χ4n) is 2.92. The van der Waals surface area contributed by atoms with Crippen LogP contribution in [0, 0.1) is 13.7 Å². The van der Waals surface area contributed by atoms with E-state index in [0.717, 1.165) is 15.1 Å². The van der Waals surface area contributed by atoms with Crippen LogP contribution in [0.25, 0.3) is 5.69 Å². The summed E-state index contributed by atoms with van der Waals surface area (Å²) in [5.74, 6) is 0.472. The molecule has 0 fully saturated rings. The molecule has 1 heterocycles. The Morgan fingerprint density at radius 3 is 2.62 bits per heavy atom. The summed E-state index contributed by atoms with van der Waals surface area (Å²) in [5.41, 5.74) is 1.03. The second-order valence-corrected chi connectivity index (χ2v) is 9.00. The molecule has 1 aromatic heterocycles. The number of aryl methyl sites for hydroxylation is 1. The summed E-state index contributed by atoms with van der Waals surface area (Å²) in [6.07, 6.45) is 1.29. The number of Topliss-reactive ketones (excluding diaryl/α,β-unsaturated/α-hetero) is 1. The number of rotatable bonds is 10. The van der Waals surface area contributed by atoms with E-state index in [4.69, 9.17) is 0 Å². The Morgan fingerprint density at radius 1 is 1.19 bits per heavy atom. The van der Waals surface area contributed by atoms with Crippen molar-refractivity contribution < 1.29 is 14.5 Å². The molecule has 0 aliphatic rings. The summed E-state index contributed by atoms with van der Waals surface area (Å²) < 4.78 is 2.98. The first-order valence-electron chi connectivity index (χ1n) is 9.70. The van der Waals surface area contributed by atoms with Gasteiger partial charge in [-0.25, -0.2) is 0 Å². The zero-order valence-electron chi connectivity index (χ0n) is 17.2. The van der Waals surface area contributed by atoms with E-state index < -0.39 is 4.92 Å². The minimum absolute atomic E-state index is 0.0650. The number of ketones is 1. The molecule has 0 aliphatic heterocycles. The van der Waals surface area contributed by atoms with Crippen LogP contribution in [0.1, 0.15) is 29.5 Å². The van der Waals surface area contributed by atoms with Crippen molar-refractivity contribution in [1.82, 2.24) is 20.1 Å². The summed E-state index contributed by atoms with van der Waals surface area (Å²) in [6, 6.07) is 13.5. The minimum atomic E-state index is -0.523. The van der Waals surface area contributed by atoms with Crippen LogP contribution in [0.5, 0.6) is 0 Å². The molecule has 0 saturated carbocycles. The fraction of sp³-hybridized carbons (Fsp3) is 0.238. The standard InChI is InChI=1S/C21H20IN5O4S/c1-14(28)23-11-3-6-20-24-25-21(26(20)17-9-7-16(22)8-10-17)32-13-19(29)15-4-2-5-18(12-15)27(30)31/h2,4-5,7-10,12H,3,6,11,13H2,1H3,(H,23,28). The lowest BCUT2D eigenvalue weighted by molar-refractivity contribution is -0.384. The lowest BCUT2D eigenvalue weighted by Crippen LogP contribution is -2.21. The van der Waals surface area contributed by atoms with Gasteiger partial charge in [0, 0.05) is 46.8 Å². The second-order valence-electron chi connectivity index (χ2n) is 6.82. The largest absolute Gasteiger partial charge is 0.356 e. The first kappa shape index (κ1) is 23.9. The number of nitrogens with one attached hydrogen (secondary N) is 1. The Kier molecular flexibility index (Phi) is 8.33. The third-order valence-electron chi connectivity index (χ3n) is 4.45. The number of carbonyl (C=O) groups excluding carboxylic acids is 2. The Balaban J connectivity index is 1.78. The smallest absolute Gasteiger partial charge is 0.270 e. The second kappa shape index (κ2) is 11.2. The molecule has 3 aromatic rings. The molecular formula is C21H20IN5O4S. The van der Waals surface area contributed by atoms with Crippen LogP contribution in [0.15, 0.2) is 53.7 Å². The van der Waals surface area contributed by atoms with Crippen LogP contribution >= 0.6 is 34.4 Å². The molecule has 166 valence electrons. The lowest BCUT2D eigenvalue weighted by atomic mass is 10.1. The molecule has 0 bridgehead atoms. The number of amides is 1. The predicted molar refractivity (Wildman–Crippen MR) is 129 cm³/mol. The van der Waals surface area contributed by atoms with Crippen molar-refractivity contribution in [2.45, 2.75) is 24.9 Å². The van der Waals surface area contributed by atoms with Gasteiger partial charge in [0.1, 0.15) is 5.82 Å². The summed E-state index contributed by atoms with van der Waals surface area (Å²) in [4.78, 5) is 34.2. The summed E-state index contributed by atoms with van der Waals surface area (Å²) in [6.45, 7) is 2.00. The average molecular weight is 565 g/mol. The highest BCUT2D eigenvalue weighted by Gasteiger charge is 2.17. The molecule has 2 aromatic carbocycles. The molecule has 0 atom stereocenters. The fourth-order valence-corrected chi connectivity index (χ4v) is 4.15. The van der Waals surface area contributed by atoms with E-state index in [1.54, 1.807) is 6.07 Å². The Morgan fingerprint density at radius 2 is 1.94 bits per heavy atom. The molecule has 9 nitrogen and oxygen atoms in total. The van der Waals surface area contributed by atoms with E-state index in [2.05, 4.69) is 38.1 Å².